The summed E-state index contributed by atoms with van der Waals surface area (Å²) in [5.41, 5.74) is 1.43. The maximum Gasteiger partial charge on any atom is 0.276 e. The molecule has 2 aliphatic rings. The predicted molar refractivity (Wildman–Crippen MR) is 93.1 cm³/mol. The van der Waals surface area contributed by atoms with E-state index >= 15 is 0 Å². The molecule has 0 spiro atoms. The second-order valence-electron chi connectivity index (χ2n) is 6.69. The van der Waals surface area contributed by atoms with Gasteiger partial charge in [0.05, 0.1) is 18.3 Å². The molecule has 0 atom stereocenters. The highest BCUT2D eigenvalue weighted by Crippen LogP contribution is 2.31. The van der Waals surface area contributed by atoms with Gasteiger partial charge in [-0.3, -0.25) is 4.79 Å². The predicted octanol–water partition coefficient (Wildman–Crippen LogP) is 2.38. The Hall–Kier alpha value is -1.73. The average Bonchev–Trinajstić information content (AvgIpc) is 3.17. The summed E-state index contributed by atoms with van der Waals surface area (Å²) in [6, 6.07) is 4.84. The monoisotopic (exact) mass is 345 g/mol. The van der Waals surface area contributed by atoms with Crippen LogP contribution in [0, 0.1) is 6.92 Å². The van der Waals surface area contributed by atoms with Crippen LogP contribution in [0.5, 0.6) is 0 Å². The van der Waals surface area contributed by atoms with Crippen LogP contribution in [0.15, 0.2) is 17.5 Å². The van der Waals surface area contributed by atoms with Gasteiger partial charge in [0.25, 0.3) is 5.91 Å². The minimum atomic E-state index is 0.0311. The molecule has 2 aromatic heterocycles. The summed E-state index contributed by atoms with van der Waals surface area (Å²) in [6.07, 6.45) is 4.27. The SMILES string of the molecule is Cc1c(C(=O)N(Cc2cccs2)C2CC2)nnn1C1CCNCC1. The Labute approximate surface area is 145 Å². The Kier molecular flexibility index (Phi) is 4.37. The van der Waals surface area contributed by atoms with E-state index in [1.54, 1.807) is 11.3 Å². The molecule has 24 heavy (non-hydrogen) atoms. The molecule has 128 valence electrons. The van der Waals surface area contributed by atoms with Crippen LogP contribution in [0.4, 0.5) is 0 Å². The number of carbonyl (C=O) groups is 1. The first-order chi connectivity index (χ1) is 11.7. The number of hydrogen-bond donors (Lipinski definition) is 1. The number of nitrogens with one attached hydrogen (secondary N) is 1. The van der Waals surface area contributed by atoms with Crippen LogP contribution in [-0.4, -0.2) is 44.9 Å². The van der Waals surface area contributed by atoms with E-state index in [1.165, 1.54) is 4.88 Å². The van der Waals surface area contributed by atoms with Gasteiger partial charge in [-0.2, -0.15) is 0 Å². The van der Waals surface area contributed by atoms with Crippen molar-refractivity contribution < 1.29 is 4.79 Å². The Morgan fingerprint density at radius 3 is 2.83 bits per heavy atom. The van der Waals surface area contributed by atoms with E-state index in [1.807, 2.05) is 22.6 Å². The molecule has 0 unspecified atom stereocenters. The molecule has 7 heteroatoms. The van der Waals surface area contributed by atoms with Crippen molar-refractivity contribution in [3.05, 3.63) is 33.8 Å². The van der Waals surface area contributed by atoms with Gasteiger partial charge in [-0.05, 0) is 57.1 Å². The summed E-state index contributed by atoms with van der Waals surface area (Å²) in [6.45, 7) is 4.66. The summed E-state index contributed by atoms with van der Waals surface area (Å²) in [5.74, 6) is 0.0311. The molecule has 2 aromatic rings. The zero-order chi connectivity index (χ0) is 16.5. The maximum absolute atomic E-state index is 13.1. The lowest BCUT2D eigenvalue weighted by molar-refractivity contribution is 0.0724. The van der Waals surface area contributed by atoms with E-state index in [2.05, 4.69) is 27.1 Å². The van der Waals surface area contributed by atoms with Gasteiger partial charge in [-0.15, -0.1) is 16.4 Å². The van der Waals surface area contributed by atoms with Crippen molar-refractivity contribution >= 4 is 17.2 Å². The zero-order valence-corrected chi connectivity index (χ0v) is 14.8. The van der Waals surface area contributed by atoms with Crippen molar-refractivity contribution in [2.24, 2.45) is 0 Å². The number of aromatic nitrogens is 3. The van der Waals surface area contributed by atoms with Gasteiger partial charge in [0, 0.05) is 10.9 Å². The van der Waals surface area contributed by atoms with Crippen molar-refractivity contribution in [1.29, 1.82) is 0 Å². The third-order valence-electron chi connectivity index (χ3n) is 4.94. The lowest BCUT2D eigenvalue weighted by Crippen LogP contribution is -2.33. The Morgan fingerprint density at radius 2 is 2.17 bits per heavy atom. The largest absolute Gasteiger partial charge is 0.329 e. The molecule has 1 N–H and O–H groups in total. The maximum atomic E-state index is 13.1. The topological polar surface area (TPSA) is 63.1 Å². The van der Waals surface area contributed by atoms with E-state index in [-0.39, 0.29) is 5.91 Å². The normalized spacial score (nSPS) is 18.7. The molecule has 4 rings (SSSR count). The van der Waals surface area contributed by atoms with E-state index < -0.39 is 0 Å². The van der Waals surface area contributed by atoms with Crippen molar-refractivity contribution in [3.63, 3.8) is 0 Å². The summed E-state index contributed by atoms with van der Waals surface area (Å²) in [7, 11) is 0. The first kappa shape index (κ1) is 15.8. The van der Waals surface area contributed by atoms with Gasteiger partial charge in [-0.25, -0.2) is 4.68 Å². The molecule has 1 aliphatic heterocycles. The van der Waals surface area contributed by atoms with Crippen LogP contribution in [0.2, 0.25) is 0 Å². The smallest absolute Gasteiger partial charge is 0.276 e. The average molecular weight is 345 g/mol. The van der Waals surface area contributed by atoms with Crippen LogP contribution in [0.1, 0.15) is 52.8 Å². The quantitative estimate of drug-likeness (QED) is 0.904. The van der Waals surface area contributed by atoms with E-state index in [0.29, 0.717) is 24.3 Å². The van der Waals surface area contributed by atoms with E-state index in [4.69, 9.17) is 0 Å². The minimum Gasteiger partial charge on any atom is -0.329 e. The number of carbonyl (C=O) groups excluding carboxylic acids is 1. The van der Waals surface area contributed by atoms with Gasteiger partial charge in [0.15, 0.2) is 5.69 Å². The fraction of sp³-hybridized carbons (Fsp3) is 0.588. The van der Waals surface area contributed by atoms with Crippen LogP contribution < -0.4 is 5.32 Å². The molecule has 1 amide bonds. The van der Waals surface area contributed by atoms with Gasteiger partial charge >= 0.3 is 0 Å². The molecule has 1 saturated heterocycles. The van der Waals surface area contributed by atoms with Crippen LogP contribution in [0.3, 0.4) is 0 Å². The molecular formula is C17H23N5OS. The molecule has 0 radical (unpaired) electrons. The fourth-order valence-corrected chi connectivity index (χ4v) is 4.10. The molecular weight excluding hydrogens is 322 g/mol. The molecule has 6 nitrogen and oxygen atoms in total. The standard InChI is InChI=1S/C17H23N5OS/c1-12-16(19-20-22(12)14-6-8-18-9-7-14)17(23)21(13-4-5-13)11-15-3-2-10-24-15/h2-3,10,13-14,18H,4-9,11H2,1H3. The Balaban J connectivity index is 1.55. The summed E-state index contributed by atoms with van der Waals surface area (Å²) >= 11 is 1.70. The van der Waals surface area contributed by atoms with Crippen molar-refractivity contribution in [2.45, 2.75) is 51.2 Å². The number of nitrogens with zero attached hydrogens (tertiary/aromatic N) is 4. The molecule has 1 saturated carbocycles. The van der Waals surface area contributed by atoms with Crippen LogP contribution in [-0.2, 0) is 6.54 Å². The van der Waals surface area contributed by atoms with Crippen LogP contribution >= 0.6 is 11.3 Å². The number of thiophene rings is 1. The van der Waals surface area contributed by atoms with Gasteiger partial charge < -0.3 is 10.2 Å². The van der Waals surface area contributed by atoms with Crippen molar-refractivity contribution in [1.82, 2.24) is 25.2 Å². The second-order valence-corrected chi connectivity index (χ2v) is 7.73. The molecule has 3 heterocycles. The highest BCUT2D eigenvalue weighted by atomic mass is 32.1. The Bertz CT molecular complexity index is 701. The van der Waals surface area contributed by atoms with E-state index in [9.17, 15) is 4.79 Å². The number of piperidine rings is 1. The minimum absolute atomic E-state index is 0.0311. The fourth-order valence-electron chi connectivity index (χ4n) is 3.40. The third-order valence-corrected chi connectivity index (χ3v) is 5.80. The van der Waals surface area contributed by atoms with Gasteiger partial charge in [0.2, 0.25) is 0 Å². The number of rotatable bonds is 5. The van der Waals surface area contributed by atoms with Crippen molar-refractivity contribution in [2.75, 3.05) is 13.1 Å². The van der Waals surface area contributed by atoms with Gasteiger partial charge in [0.1, 0.15) is 0 Å². The molecule has 1 aliphatic carbocycles. The van der Waals surface area contributed by atoms with Crippen molar-refractivity contribution in [3.8, 4) is 0 Å². The first-order valence-corrected chi connectivity index (χ1v) is 9.58. The number of amides is 1. The first-order valence-electron chi connectivity index (χ1n) is 8.70. The zero-order valence-electron chi connectivity index (χ0n) is 13.9. The number of hydrogen-bond acceptors (Lipinski definition) is 5. The molecule has 0 aromatic carbocycles. The molecule has 2 fully saturated rings. The lowest BCUT2D eigenvalue weighted by Gasteiger charge is -2.24. The Morgan fingerprint density at radius 1 is 1.38 bits per heavy atom. The highest BCUT2D eigenvalue weighted by Gasteiger charge is 2.35. The summed E-state index contributed by atoms with van der Waals surface area (Å²) in [5, 5.41) is 14.0. The summed E-state index contributed by atoms with van der Waals surface area (Å²) in [4.78, 5) is 16.3. The van der Waals surface area contributed by atoms with Gasteiger partial charge in [-0.1, -0.05) is 11.3 Å². The highest BCUT2D eigenvalue weighted by molar-refractivity contribution is 7.09. The van der Waals surface area contributed by atoms with E-state index in [0.717, 1.165) is 44.5 Å². The van der Waals surface area contributed by atoms with Crippen LogP contribution in [0.25, 0.3) is 0 Å². The third kappa shape index (κ3) is 3.10. The second kappa shape index (κ2) is 6.64. The summed E-state index contributed by atoms with van der Waals surface area (Å²) < 4.78 is 1.96. The molecule has 0 bridgehead atoms. The lowest BCUT2D eigenvalue weighted by atomic mass is 10.1.